The summed E-state index contributed by atoms with van der Waals surface area (Å²) in [6.45, 7) is 1.78. The Kier molecular flexibility index (Phi) is 4.74. The first-order valence-electron chi connectivity index (χ1n) is 4.89. The first kappa shape index (κ1) is 13.0. The van der Waals surface area contributed by atoms with Crippen LogP contribution in [0.25, 0.3) is 0 Å². The molecule has 0 fully saturated rings. The van der Waals surface area contributed by atoms with Gasteiger partial charge >= 0.3 is 0 Å². The summed E-state index contributed by atoms with van der Waals surface area (Å²) in [6.07, 6.45) is 0. The summed E-state index contributed by atoms with van der Waals surface area (Å²) in [4.78, 5) is 2.03. The molecule has 0 aliphatic heterocycles. The second-order valence-electron chi connectivity index (χ2n) is 3.68. The molecular formula is C10H15ClN4O. The first-order chi connectivity index (χ1) is 7.60. The molecule has 0 bridgehead atoms. The third-order valence-corrected chi connectivity index (χ3v) is 2.50. The zero-order valence-electron chi connectivity index (χ0n) is 9.70. The van der Waals surface area contributed by atoms with E-state index in [9.17, 15) is 0 Å². The fourth-order valence-electron chi connectivity index (χ4n) is 1.28. The molecule has 1 rings (SSSR count). The van der Waals surface area contributed by atoms with Crippen LogP contribution >= 0.6 is 11.6 Å². The van der Waals surface area contributed by atoms with Crippen molar-refractivity contribution in [1.29, 1.82) is 5.26 Å². The van der Waals surface area contributed by atoms with E-state index in [0.717, 1.165) is 6.54 Å². The number of rotatable bonds is 5. The summed E-state index contributed by atoms with van der Waals surface area (Å²) < 4.78 is 6.60. The lowest BCUT2D eigenvalue weighted by molar-refractivity contribution is 0.180. The molecule has 5 nitrogen and oxygen atoms in total. The summed E-state index contributed by atoms with van der Waals surface area (Å²) in [7, 11) is 5.51. The van der Waals surface area contributed by atoms with Crippen LogP contribution in [0, 0.1) is 11.3 Å². The van der Waals surface area contributed by atoms with Crippen LogP contribution in [0.3, 0.4) is 0 Å². The van der Waals surface area contributed by atoms with Crippen molar-refractivity contribution in [3.8, 4) is 6.07 Å². The number of nitrogens with zero attached hydrogens (tertiary/aromatic N) is 4. The third-order valence-electron chi connectivity index (χ3n) is 2.11. The molecule has 88 valence electrons. The highest BCUT2D eigenvalue weighted by atomic mass is 35.5. The second-order valence-corrected chi connectivity index (χ2v) is 4.04. The van der Waals surface area contributed by atoms with E-state index in [1.807, 2.05) is 25.1 Å². The Morgan fingerprint density at radius 1 is 1.56 bits per heavy atom. The first-order valence-corrected chi connectivity index (χ1v) is 5.27. The molecule has 0 aliphatic rings. The topological polar surface area (TPSA) is 54.1 Å². The molecular weight excluding hydrogens is 228 g/mol. The van der Waals surface area contributed by atoms with E-state index < -0.39 is 0 Å². The van der Waals surface area contributed by atoms with Gasteiger partial charge in [-0.2, -0.15) is 10.4 Å². The molecule has 0 N–H and O–H groups in total. The van der Waals surface area contributed by atoms with Gasteiger partial charge in [0, 0.05) is 13.7 Å². The number of likely N-dealkylation sites (N-methyl/N-ethyl adjacent to an activating group) is 1. The van der Waals surface area contributed by atoms with Crippen LogP contribution < -0.4 is 0 Å². The number of halogens is 1. The van der Waals surface area contributed by atoms with Gasteiger partial charge in [-0.05, 0) is 14.1 Å². The van der Waals surface area contributed by atoms with E-state index in [1.165, 1.54) is 0 Å². The summed E-state index contributed by atoms with van der Waals surface area (Å²) in [6, 6.07) is 2.05. The lowest BCUT2D eigenvalue weighted by Gasteiger charge is -2.09. The van der Waals surface area contributed by atoms with Gasteiger partial charge in [-0.1, -0.05) is 11.6 Å². The van der Waals surface area contributed by atoms with E-state index in [1.54, 1.807) is 11.8 Å². The van der Waals surface area contributed by atoms with Crippen LogP contribution in [0.5, 0.6) is 0 Å². The quantitative estimate of drug-likeness (QED) is 0.777. The van der Waals surface area contributed by atoms with Crippen LogP contribution in [0.2, 0.25) is 5.15 Å². The van der Waals surface area contributed by atoms with Crippen LogP contribution in [-0.4, -0.2) is 42.4 Å². The van der Waals surface area contributed by atoms with Gasteiger partial charge in [0.1, 0.15) is 22.5 Å². The van der Waals surface area contributed by atoms with Gasteiger partial charge in [0.05, 0.1) is 13.2 Å². The normalized spacial score (nSPS) is 10.8. The summed E-state index contributed by atoms with van der Waals surface area (Å²) in [5.41, 5.74) is 0.996. The predicted molar refractivity (Wildman–Crippen MR) is 61.2 cm³/mol. The Bertz CT molecular complexity index is 394. The number of hydrogen-bond acceptors (Lipinski definition) is 4. The van der Waals surface area contributed by atoms with Crippen molar-refractivity contribution < 1.29 is 4.74 Å². The number of methoxy groups -OCH3 is 1. The molecule has 0 saturated heterocycles. The number of nitriles is 1. The second kappa shape index (κ2) is 5.85. The van der Waals surface area contributed by atoms with Gasteiger partial charge in [0.2, 0.25) is 0 Å². The molecule has 16 heavy (non-hydrogen) atoms. The van der Waals surface area contributed by atoms with Gasteiger partial charge in [0.15, 0.2) is 0 Å². The van der Waals surface area contributed by atoms with E-state index >= 15 is 0 Å². The molecule has 0 aliphatic carbocycles. The van der Waals surface area contributed by atoms with Crippen LogP contribution in [0.15, 0.2) is 0 Å². The molecule has 0 atom stereocenters. The van der Waals surface area contributed by atoms with Gasteiger partial charge in [0.25, 0.3) is 0 Å². The minimum absolute atomic E-state index is 0.303. The van der Waals surface area contributed by atoms with E-state index in [-0.39, 0.29) is 0 Å². The van der Waals surface area contributed by atoms with Crippen molar-refractivity contribution in [2.75, 3.05) is 27.7 Å². The van der Waals surface area contributed by atoms with Crippen molar-refractivity contribution in [2.24, 2.45) is 0 Å². The molecule has 0 saturated carbocycles. The minimum atomic E-state index is 0.303. The molecule has 0 amide bonds. The van der Waals surface area contributed by atoms with Crippen molar-refractivity contribution in [3.05, 3.63) is 16.4 Å². The average molecular weight is 243 g/mol. The monoisotopic (exact) mass is 242 g/mol. The highest BCUT2D eigenvalue weighted by Crippen LogP contribution is 2.19. The maximum atomic E-state index is 8.96. The molecule has 1 aromatic heterocycles. The lowest BCUT2D eigenvalue weighted by Crippen LogP contribution is -2.19. The van der Waals surface area contributed by atoms with E-state index in [4.69, 9.17) is 21.6 Å². The molecule has 1 aromatic rings. The van der Waals surface area contributed by atoms with Gasteiger partial charge in [-0.25, -0.2) is 0 Å². The fourth-order valence-corrected chi connectivity index (χ4v) is 1.55. The highest BCUT2D eigenvalue weighted by Gasteiger charge is 2.15. The molecule has 0 aromatic carbocycles. The smallest absolute Gasteiger partial charge is 0.145 e. The summed E-state index contributed by atoms with van der Waals surface area (Å²) in [5.74, 6) is 0. The zero-order chi connectivity index (χ0) is 12.1. The Morgan fingerprint density at radius 3 is 2.75 bits per heavy atom. The van der Waals surface area contributed by atoms with Crippen LogP contribution in [-0.2, 0) is 17.9 Å². The highest BCUT2D eigenvalue weighted by molar-refractivity contribution is 6.30. The molecule has 6 heteroatoms. The molecule has 0 spiro atoms. The number of ether oxygens (including phenoxy) is 1. The average Bonchev–Trinajstić information content (AvgIpc) is 2.52. The van der Waals surface area contributed by atoms with Gasteiger partial charge in [-0.15, -0.1) is 0 Å². The van der Waals surface area contributed by atoms with Gasteiger partial charge < -0.3 is 9.64 Å². The largest absolute Gasteiger partial charge is 0.378 e. The van der Waals surface area contributed by atoms with Crippen LogP contribution in [0.1, 0.15) is 11.3 Å². The van der Waals surface area contributed by atoms with E-state index in [2.05, 4.69) is 5.10 Å². The fraction of sp³-hybridized carbons (Fsp3) is 0.600. The maximum absolute atomic E-state index is 8.96. The zero-order valence-corrected chi connectivity index (χ0v) is 10.5. The van der Waals surface area contributed by atoms with Crippen molar-refractivity contribution >= 4 is 11.6 Å². The van der Waals surface area contributed by atoms with Crippen molar-refractivity contribution in [3.63, 3.8) is 0 Å². The standard InChI is InChI=1S/C10H15ClN4O/c1-14(2)4-5-15-10(11)8(6-12)9(13-15)7-16-3/h4-5,7H2,1-3H3. The van der Waals surface area contributed by atoms with Crippen molar-refractivity contribution in [1.82, 2.24) is 14.7 Å². The Hall–Kier alpha value is -1.09. The van der Waals surface area contributed by atoms with Crippen LogP contribution in [0.4, 0.5) is 0 Å². The minimum Gasteiger partial charge on any atom is -0.378 e. The summed E-state index contributed by atoms with van der Waals surface area (Å²) >= 11 is 6.05. The Labute approximate surface area is 100 Å². The predicted octanol–water partition coefficient (Wildman–Crippen LogP) is 1.12. The number of hydrogen-bond donors (Lipinski definition) is 0. The maximum Gasteiger partial charge on any atom is 0.145 e. The third kappa shape index (κ3) is 2.95. The Morgan fingerprint density at radius 2 is 2.25 bits per heavy atom. The number of aromatic nitrogens is 2. The van der Waals surface area contributed by atoms with Gasteiger partial charge in [-0.3, -0.25) is 4.68 Å². The van der Waals surface area contributed by atoms with E-state index in [0.29, 0.717) is 29.6 Å². The molecule has 0 radical (unpaired) electrons. The van der Waals surface area contributed by atoms with Crippen molar-refractivity contribution in [2.45, 2.75) is 13.2 Å². The lowest BCUT2D eigenvalue weighted by atomic mass is 10.3. The Balaban J connectivity index is 2.90. The molecule has 0 unspecified atom stereocenters. The molecule has 1 heterocycles. The SMILES string of the molecule is COCc1nn(CCN(C)C)c(Cl)c1C#N. The summed E-state index contributed by atoms with van der Waals surface area (Å²) in [5, 5.41) is 13.6.